The van der Waals surface area contributed by atoms with E-state index in [9.17, 15) is 4.79 Å². The molecule has 2 aliphatic heterocycles. The lowest BCUT2D eigenvalue weighted by atomic mass is 9.98. The number of aromatic nitrogens is 1. The Morgan fingerprint density at radius 2 is 2.23 bits per heavy atom. The van der Waals surface area contributed by atoms with Crippen LogP contribution in [-0.4, -0.2) is 48.2 Å². The smallest absolute Gasteiger partial charge is 0.259 e. The Morgan fingerprint density at radius 1 is 1.41 bits per heavy atom. The number of rotatable bonds is 3. The van der Waals surface area contributed by atoms with Crippen molar-refractivity contribution in [2.45, 2.75) is 25.4 Å². The van der Waals surface area contributed by atoms with Crippen molar-refractivity contribution in [2.75, 3.05) is 26.3 Å². The Bertz CT molecular complexity index is 570. The summed E-state index contributed by atoms with van der Waals surface area (Å²) in [5.74, 6) is 0.369. The van der Waals surface area contributed by atoms with E-state index >= 15 is 0 Å². The van der Waals surface area contributed by atoms with Gasteiger partial charge in [0.15, 0.2) is 0 Å². The number of nitrogens with zero attached hydrogens (tertiary/aromatic N) is 3. The average molecular weight is 301 g/mol. The zero-order chi connectivity index (χ0) is 15.4. The maximum Gasteiger partial charge on any atom is 0.259 e. The molecule has 22 heavy (non-hydrogen) atoms. The lowest BCUT2D eigenvalue weighted by Crippen LogP contribution is -2.38. The van der Waals surface area contributed by atoms with Gasteiger partial charge in [-0.2, -0.15) is 5.26 Å². The molecule has 116 valence electrons. The normalized spacial score (nSPS) is 22.3. The van der Waals surface area contributed by atoms with Gasteiger partial charge in [-0.15, -0.1) is 0 Å². The van der Waals surface area contributed by atoms with Crippen LogP contribution in [-0.2, 0) is 4.74 Å². The molecule has 2 saturated heterocycles. The fraction of sp³-hybridized carbons (Fsp3) is 0.562. The lowest BCUT2D eigenvalue weighted by Gasteiger charge is -2.29. The van der Waals surface area contributed by atoms with Crippen molar-refractivity contribution in [3.05, 3.63) is 23.9 Å². The van der Waals surface area contributed by atoms with Gasteiger partial charge in [0.05, 0.1) is 19.3 Å². The molecular weight excluding hydrogens is 282 g/mol. The summed E-state index contributed by atoms with van der Waals surface area (Å²) < 4.78 is 11.1. The molecule has 6 nitrogen and oxygen atoms in total. The molecule has 1 aromatic rings. The van der Waals surface area contributed by atoms with Crippen LogP contribution >= 0.6 is 0 Å². The number of ether oxygens (including phenoxy) is 2. The molecule has 6 heteroatoms. The van der Waals surface area contributed by atoms with Gasteiger partial charge in [-0.3, -0.25) is 4.79 Å². The van der Waals surface area contributed by atoms with Crippen LogP contribution < -0.4 is 4.74 Å². The van der Waals surface area contributed by atoms with E-state index in [1.807, 2.05) is 0 Å². The number of hydrogen-bond donors (Lipinski definition) is 0. The van der Waals surface area contributed by atoms with Gasteiger partial charge in [0, 0.05) is 31.6 Å². The van der Waals surface area contributed by atoms with Gasteiger partial charge in [-0.1, -0.05) is 0 Å². The summed E-state index contributed by atoms with van der Waals surface area (Å²) in [6.07, 6.45) is 3.87. The maximum absolute atomic E-state index is 12.7. The zero-order valence-electron chi connectivity index (χ0n) is 12.4. The summed E-state index contributed by atoms with van der Waals surface area (Å²) in [5.41, 5.74) is 0.491. The van der Waals surface area contributed by atoms with Gasteiger partial charge >= 0.3 is 0 Å². The highest BCUT2D eigenvalue weighted by Crippen LogP contribution is 2.23. The highest BCUT2D eigenvalue weighted by Gasteiger charge is 2.27. The number of pyridine rings is 1. The molecular formula is C16H19N3O3. The number of carbonyl (C=O) groups is 1. The molecule has 0 bridgehead atoms. The largest absolute Gasteiger partial charge is 0.471 e. The van der Waals surface area contributed by atoms with Crippen molar-refractivity contribution >= 4 is 5.91 Å². The van der Waals surface area contributed by atoms with Crippen LogP contribution in [0, 0.1) is 17.2 Å². The first-order valence-electron chi connectivity index (χ1n) is 7.66. The third-order valence-electron chi connectivity index (χ3n) is 4.13. The van der Waals surface area contributed by atoms with Crippen LogP contribution in [0.3, 0.4) is 0 Å². The molecule has 1 aromatic heterocycles. The number of nitriles is 1. The molecule has 1 unspecified atom stereocenters. The molecule has 2 fully saturated rings. The van der Waals surface area contributed by atoms with E-state index in [0.29, 0.717) is 37.7 Å². The van der Waals surface area contributed by atoms with Crippen molar-refractivity contribution < 1.29 is 14.3 Å². The quantitative estimate of drug-likeness (QED) is 0.848. The van der Waals surface area contributed by atoms with Crippen molar-refractivity contribution in [3.8, 4) is 11.9 Å². The van der Waals surface area contributed by atoms with Crippen LogP contribution in [0.2, 0.25) is 0 Å². The van der Waals surface area contributed by atoms with E-state index in [0.717, 1.165) is 19.3 Å². The summed E-state index contributed by atoms with van der Waals surface area (Å²) in [5, 5.41) is 8.94. The molecule has 0 N–H and O–H groups in total. The molecule has 0 spiro atoms. The van der Waals surface area contributed by atoms with E-state index < -0.39 is 0 Å². The Labute approximate surface area is 129 Å². The molecule has 0 aromatic carbocycles. The minimum atomic E-state index is -0.0709. The number of likely N-dealkylation sites (tertiary alicyclic amines) is 1. The maximum atomic E-state index is 12.7. The predicted molar refractivity (Wildman–Crippen MR) is 78.3 cm³/mol. The third kappa shape index (κ3) is 3.20. The highest BCUT2D eigenvalue weighted by atomic mass is 16.5. The highest BCUT2D eigenvalue weighted by molar-refractivity contribution is 5.96. The summed E-state index contributed by atoms with van der Waals surface area (Å²) >= 11 is 0. The van der Waals surface area contributed by atoms with Crippen molar-refractivity contribution in [1.29, 1.82) is 5.26 Å². The average Bonchev–Trinajstić information content (AvgIpc) is 3.08. The molecule has 2 aliphatic rings. The van der Waals surface area contributed by atoms with Crippen molar-refractivity contribution in [3.63, 3.8) is 0 Å². The first-order valence-corrected chi connectivity index (χ1v) is 7.66. The molecule has 1 atom stereocenters. The summed E-state index contributed by atoms with van der Waals surface area (Å²) in [6.45, 7) is 2.44. The number of amides is 1. The fourth-order valence-electron chi connectivity index (χ4n) is 2.79. The second-order valence-electron chi connectivity index (χ2n) is 5.66. The monoisotopic (exact) mass is 301 g/mol. The van der Waals surface area contributed by atoms with Crippen LogP contribution in [0.4, 0.5) is 0 Å². The van der Waals surface area contributed by atoms with Gasteiger partial charge in [-0.05, 0) is 25.0 Å². The Kier molecular flexibility index (Phi) is 4.54. The third-order valence-corrected chi connectivity index (χ3v) is 4.13. The minimum Gasteiger partial charge on any atom is -0.471 e. The Hall–Kier alpha value is -2.13. The number of hydrogen-bond acceptors (Lipinski definition) is 5. The van der Waals surface area contributed by atoms with Gasteiger partial charge in [0.1, 0.15) is 11.7 Å². The Balaban J connectivity index is 1.71. The first-order chi connectivity index (χ1) is 10.8. The molecule has 0 saturated carbocycles. The summed E-state index contributed by atoms with van der Waals surface area (Å²) in [7, 11) is 0. The zero-order valence-corrected chi connectivity index (χ0v) is 12.4. The number of piperidine rings is 1. The molecule has 1 amide bonds. The van der Waals surface area contributed by atoms with E-state index in [1.54, 1.807) is 23.2 Å². The van der Waals surface area contributed by atoms with Crippen molar-refractivity contribution in [2.24, 2.45) is 5.92 Å². The van der Waals surface area contributed by atoms with E-state index in [1.165, 1.54) is 0 Å². The van der Waals surface area contributed by atoms with Crippen LogP contribution in [0.5, 0.6) is 5.88 Å². The SMILES string of the molecule is N#CC1CCN(C(=O)c2cccnc2OC2CCOC2)CC1. The van der Waals surface area contributed by atoms with Crippen molar-refractivity contribution in [1.82, 2.24) is 9.88 Å². The topological polar surface area (TPSA) is 75.5 Å². The van der Waals surface area contributed by atoms with Crippen LogP contribution in [0.15, 0.2) is 18.3 Å². The standard InChI is InChI=1S/C16H19N3O3/c17-10-12-3-7-19(8-4-12)16(20)14-2-1-6-18-15(14)22-13-5-9-21-11-13/h1-2,6,12-13H,3-5,7-9,11H2. The molecule has 0 aliphatic carbocycles. The van der Waals surface area contributed by atoms with Crippen LogP contribution in [0.25, 0.3) is 0 Å². The molecule has 3 heterocycles. The lowest BCUT2D eigenvalue weighted by molar-refractivity contribution is 0.0696. The predicted octanol–water partition coefficient (Wildman–Crippen LogP) is 1.63. The minimum absolute atomic E-state index is 0.0363. The first kappa shape index (κ1) is 14.8. The van der Waals surface area contributed by atoms with Gasteiger partial charge < -0.3 is 14.4 Å². The number of carbonyl (C=O) groups excluding carboxylic acids is 1. The summed E-state index contributed by atoms with van der Waals surface area (Å²) in [4.78, 5) is 18.7. The van der Waals surface area contributed by atoms with Gasteiger partial charge in [-0.25, -0.2) is 4.98 Å². The van der Waals surface area contributed by atoms with E-state index in [-0.39, 0.29) is 17.9 Å². The molecule has 3 rings (SSSR count). The second kappa shape index (κ2) is 6.75. The fourth-order valence-corrected chi connectivity index (χ4v) is 2.79. The van der Waals surface area contributed by atoms with Gasteiger partial charge in [0.25, 0.3) is 5.91 Å². The second-order valence-corrected chi connectivity index (χ2v) is 5.66. The van der Waals surface area contributed by atoms with E-state index in [2.05, 4.69) is 11.1 Å². The summed E-state index contributed by atoms with van der Waals surface area (Å²) in [6, 6.07) is 5.76. The van der Waals surface area contributed by atoms with Crippen LogP contribution in [0.1, 0.15) is 29.6 Å². The Morgan fingerprint density at radius 3 is 2.91 bits per heavy atom. The molecule has 0 radical (unpaired) electrons. The van der Waals surface area contributed by atoms with E-state index in [4.69, 9.17) is 14.7 Å². The van der Waals surface area contributed by atoms with Gasteiger partial charge in [0.2, 0.25) is 5.88 Å².